The fourth-order valence-electron chi connectivity index (χ4n) is 3.86. The molecule has 0 aromatic rings. The van der Waals surface area contributed by atoms with Gasteiger partial charge in [0.2, 0.25) is 0 Å². The summed E-state index contributed by atoms with van der Waals surface area (Å²) in [6, 6.07) is 2.27. The van der Waals surface area contributed by atoms with Gasteiger partial charge in [0.25, 0.3) is 0 Å². The van der Waals surface area contributed by atoms with Gasteiger partial charge in [0.15, 0.2) is 0 Å². The van der Waals surface area contributed by atoms with Gasteiger partial charge < -0.3 is 5.11 Å². The van der Waals surface area contributed by atoms with Crippen LogP contribution in [0.15, 0.2) is 0 Å². The molecule has 0 saturated heterocycles. The van der Waals surface area contributed by atoms with Crippen LogP contribution in [0, 0.1) is 40.9 Å². The van der Waals surface area contributed by atoms with Crippen LogP contribution in [0.2, 0.25) is 0 Å². The number of aliphatic hydroxyl groups excluding tert-OH is 1. The topological polar surface area (TPSA) is 44.0 Å². The largest absolute Gasteiger partial charge is 0.393 e. The molecule has 6 atom stereocenters. The van der Waals surface area contributed by atoms with Crippen LogP contribution in [-0.4, -0.2) is 11.2 Å². The molecule has 64 valence electrons. The summed E-state index contributed by atoms with van der Waals surface area (Å²) in [6.45, 7) is 0. The highest BCUT2D eigenvalue weighted by atomic mass is 16.3. The molecule has 3 aliphatic rings. The first-order chi connectivity index (χ1) is 5.83. The van der Waals surface area contributed by atoms with Gasteiger partial charge in [-0.3, -0.25) is 0 Å². The fraction of sp³-hybridized carbons (Fsp3) is 0.900. The van der Waals surface area contributed by atoms with Crippen molar-refractivity contribution in [1.29, 1.82) is 5.26 Å². The van der Waals surface area contributed by atoms with Crippen LogP contribution in [0.1, 0.15) is 19.3 Å². The number of hydrogen-bond donors (Lipinski definition) is 1. The van der Waals surface area contributed by atoms with Crippen molar-refractivity contribution in [2.75, 3.05) is 0 Å². The summed E-state index contributed by atoms with van der Waals surface area (Å²) >= 11 is 0. The molecule has 2 nitrogen and oxygen atoms in total. The lowest BCUT2D eigenvalue weighted by molar-refractivity contribution is 0.148. The smallest absolute Gasteiger partial charge is 0.0624 e. The van der Waals surface area contributed by atoms with Gasteiger partial charge in [-0.25, -0.2) is 0 Å². The Labute approximate surface area is 72.2 Å². The second-order valence-electron chi connectivity index (χ2n) is 4.64. The number of rotatable bonds is 1. The highest BCUT2D eigenvalue weighted by Crippen LogP contribution is 2.70. The third-order valence-electron chi connectivity index (χ3n) is 4.28. The van der Waals surface area contributed by atoms with E-state index in [0.29, 0.717) is 17.8 Å². The SMILES string of the molecule is N#CCC1CC2C3C(O)CC1C23. The average Bonchev–Trinajstić information content (AvgIpc) is 2.54. The molecule has 3 saturated carbocycles. The van der Waals surface area contributed by atoms with E-state index in [0.717, 1.165) is 24.7 Å². The zero-order chi connectivity index (χ0) is 8.29. The normalized spacial score (nSPS) is 59.7. The van der Waals surface area contributed by atoms with E-state index in [1.54, 1.807) is 0 Å². The van der Waals surface area contributed by atoms with E-state index < -0.39 is 0 Å². The Morgan fingerprint density at radius 1 is 1.25 bits per heavy atom. The van der Waals surface area contributed by atoms with Crippen molar-refractivity contribution in [3.05, 3.63) is 0 Å². The summed E-state index contributed by atoms with van der Waals surface area (Å²) in [5.41, 5.74) is 0. The van der Waals surface area contributed by atoms with Crippen LogP contribution in [0.3, 0.4) is 0 Å². The highest BCUT2D eigenvalue weighted by Gasteiger charge is 2.68. The van der Waals surface area contributed by atoms with Crippen molar-refractivity contribution < 1.29 is 5.11 Å². The van der Waals surface area contributed by atoms with Crippen molar-refractivity contribution in [2.24, 2.45) is 29.6 Å². The van der Waals surface area contributed by atoms with Crippen LogP contribution in [-0.2, 0) is 0 Å². The van der Waals surface area contributed by atoms with Gasteiger partial charge >= 0.3 is 0 Å². The Morgan fingerprint density at radius 2 is 2.08 bits per heavy atom. The first kappa shape index (κ1) is 6.91. The molecule has 0 bridgehead atoms. The summed E-state index contributed by atoms with van der Waals surface area (Å²) in [4.78, 5) is 0. The van der Waals surface area contributed by atoms with E-state index in [9.17, 15) is 5.11 Å². The summed E-state index contributed by atoms with van der Waals surface area (Å²) < 4.78 is 0. The lowest BCUT2D eigenvalue weighted by atomic mass is 9.90. The maximum atomic E-state index is 9.62. The first-order valence-electron chi connectivity index (χ1n) is 4.88. The van der Waals surface area contributed by atoms with Crippen LogP contribution in [0.4, 0.5) is 0 Å². The van der Waals surface area contributed by atoms with Gasteiger partial charge in [0.05, 0.1) is 12.2 Å². The molecule has 6 unspecified atom stereocenters. The molecule has 0 heterocycles. The van der Waals surface area contributed by atoms with Gasteiger partial charge in [0.1, 0.15) is 0 Å². The van der Waals surface area contributed by atoms with Crippen LogP contribution in [0.5, 0.6) is 0 Å². The van der Waals surface area contributed by atoms with Crippen LogP contribution in [0.25, 0.3) is 0 Å². The van der Waals surface area contributed by atoms with Gasteiger partial charge in [0, 0.05) is 6.42 Å². The summed E-state index contributed by atoms with van der Waals surface area (Å²) in [5, 5.41) is 18.2. The number of nitriles is 1. The Kier molecular flexibility index (Phi) is 1.17. The van der Waals surface area contributed by atoms with E-state index >= 15 is 0 Å². The van der Waals surface area contributed by atoms with Gasteiger partial charge in [-0.1, -0.05) is 0 Å². The lowest BCUT2D eigenvalue weighted by Gasteiger charge is -2.14. The number of hydrogen-bond acceptors (Lipinski definition) is 2. The van der Waals surface area contributed by atoms with E-state index in [-0.39, 0.29) is 6.10 Å². The predicted molar refractivity (Wildman–Crippen MR) is 42.9 cm³/mol. The minimum absolute atomic E-state index is 0.0197. The summed E-state index contributed by atoms with van der Waals surface area (Å²) in [7, 11) is 0. The van der Waals surface area contributed by atoms with Gasteiger partial charge in [-0.15, -0.1) is 0 Å². The molecule has 12 heavy (non-hydrogen) atoms. The van der Waals surface area contributed by atoms with E-state index in [4.69, 9.17) is 5.26 Å². The highest BCUT2D eigenvalue weighted by molar-refractivity contribution is 5.17. The van der Waals surface area contributed by atoms with Crippen molar-refractivity contribution >= 4 is 0 Å². The molecule has 2 heteroatoms. The fourth-order valence-corrected chi connectivity index (χ4v) is 3.86. The van der Waals surface area contributed by atoms with Crippen LogP contribution >= 0.6 is 0 Å². The van der Waals surface area contributed by atoms with Crippen LogP contribution < -0.4 is 0 Å². The first-order valence-corrected chi connectivity index (χ1v) is 4.88. The maximum absolute atomic E-state index is 9.62. The summed E-state index contributed by atoms with van der Waals surface area (Å²) in [5.74, 6) is 3.59. The Bertz CT molecular complexity index is 257. The minimum atomic E-state index is -0.0197. The number of nitrogens with zero attached hydrogens (tertiary/aromatic N) is 1. The molecular formula is C10H13NO. The van der Waals surface area contributed by atoms with E-state index in [2.05, 4.69) is 6.07 Å². The summed E-state index contributed by atoms with van der Waals surface area (Å²) in [6.07, 6.45) is 2.91. The number of aliphatic hydroxyl groups is 1. The zero-order valence-electron chi connectivity index (χ0n) is 6.98. The Balaban J connectivity index is 1.79. The lowest BCUT2D eigenvalue weighted by Crippen LogP contribution is -2.10. The predicted octanol–water partition coefficient (Wildman–Crippen LogP) is 1.16. The molecule has 0 aliphatic heterocycles. The van der Waals surface area contributed by atoms with Crippen molar-refractivity contribution in [3.8, 4) is 6.07 Å². The van der Waals surface area contributed by atoms with Crippen molar-refractivity contribution in [2.45, 2.75) is 25.4 Å². The quantitative estimate of drug-likeness (QED) is 0.630. The standard InChI is InChI=1S/C10H13NO/c11-2-1-5-3-7-9-6(5)4-8(12)10(7)9/h5-10,12H,1,3-4H2. The Morgan fingerprint density at radius 3 is 2.75 bits per heavy atom. The second-order valence-corrected chi connectivity index (χ2v) is 4.64. The van der Waals surface area contributed by atoms with Crippen molar-refractivity contribution in [1.82, 2.24) is 0 Å². The maximum Gasteiger partial charge on any atom is 0.0624 e. The average molecular weight is 163 g/mol. The zero-order valence-corrected chi connectivity index (χ0v) is 6.98. The van der Waals surface area contributed by atoms with Gasteiger partial charge in [-0.05, 0) is 42.4 Å². The molecule has 3 fully saturated rings. The molecule has 0 aromatic heterocycles. The van der Waals surface area contributed by atoms with Gasteiger partial charge in [-0.2, -0.15) is 5.26 Å². The van der Waals surface area contributed by atoms with E-state index in [1.807, 2.05) is 0 Å². The molecular weight excluding hydrogens is 150 g/mol. The third-order valence-corrected chi connectivity index (χ3v) is 4.28. The molecule has 0 amide bonds. The molecule has 0 aromatic carbocycles. The molecule has 3 rings (SSSR count). The van der Waals surface area contributed by atoms with E-state index in [1.165, 1.54) is 6.42 Å². The third kappa shape index (κ3) is 0.641. The molecule has 0 radical (unpaired) electrons. The molecule has 1 N–H and O–H groups in total. The molecule has 0 spiro atoms. The van der Waals surface area contributed by atoms with Crippen molar-refractivity contribution in [3.63, 3.8) is 0 Å². The molecule has 3 aliphatic carbocycles. The second kappa shape index (κ2) is 2.03. The Hall–Kier alpha value is -0.550. The minimum Gasteiger partial charge on any atom is -0.393 e. The number of fused-ring (bicyclic) bond motifs is 1. The monoisotopic (exact) mass is 163 g/mol.